The molecule has 0 unspecified atom stereocenters. The van der Waals surface area contributed by atoms with Gasteiger partial charge in [-0.3, -0.25) is 0 Å². The van der Waals surface area contributed by atoms with E-state index >= 15 is 0 Å². The van der Waals surface area contributed by atoms with Crippen LogP contribution in [-0.2, 0) is 0 Å². The Morgan fingerprint density at radius 2 is 1.89 bits per heavy atom. The Balaban J connectivity index is 2.20. The molecule has 1 aromatic carbocycles. The molecule has 1 saturated carbocycles. The molecule has 1 aliphatic carbocycles. The Morgan fingerprint density at radius 3 is 2.50 bits per heavy atom. The first-order chi connectivity index (χ1) is 8.65. The summed E-state index contributed by atoms with van der Waals surface area (Å²) in [4.78, 5) is 0. The monoisotopic (exact) mass is 270 g/mol. The first-order valence-corrected chi connectivity index (χ1v) is 6.96. The third-order valence-electron chi connectivity index (χ3n) is 3.78. The second-order valence-corrected chi connectivity index (χ2v) is 5.56. The molecule has 0 atom stereocenters. The minimum Gasteiger partial charge on any atom is -0.377 e. The fraction of sp³-hybridized carbons (Fsp3) is 0.571. The Kier molecular flexibility index (Phi) is 4.46. The molecule has 0 bridgehead atoms. The second kappa shape index (κ2) is 5.89. The zero-order valence-electron chi connectivity index (χ0n) is 10.5. The van der Waals surface area contributed by atoms with E-state index in [-0.39, 0.29) is 11.4 Å². The smallest absolute Gasteiger partial charge is 0.125 e. The lowest BCUT2D eigenvalue weighted by Gasteiger charge is -2.34. The summed E-state index contributed by atoms with van der Waals surface area (Å²) in [6.07, 6.45) is 6.88. The SMILES string of the molecule is NCC1(Nc2cc(F)ccc2Cl)CCCCCC1. The minimum atomic E-state index is -0.275. The van der Waals surface area contributed by atoms with Crippen molar-refractivity contribution in [3.63, 3.8) is 0 Å². The van der Waals surface area contributed by atoms with Crippen LogP contribution in [0.3, 0.4) is 0 Å². The highest BCUT2D eigenvalue weighted by atomic mass is 35.5. The molecule has 0 aromatic heterocycles. The van der Waals surface area contributed by atoms with Gasteiger partial charge in [0.15, 0.2) is 0 Å². The average Bonchev–Trinajstić information content (AvgIpc) is 2.60. The summed E-state index contributed by atoms with van der Waals surface area (Å²) in [5.74, 6) is -0.275. The number of nitrogens with one attached hydrogen (secondary N) is 1. The Labute approximate surface area is 113 Å². The normalized spacial score (nSPS) is 19.3. The maximum absolute atomic E-state index is 13.3. The van der Waals surface area contributed by atoms with E-state index in [1.54, 1.807) is 6.07 Å². The van der Waals surface area contributed by atoms with Crippen molar-refractivity contribution in [1.29, 1.82) is 0 Å². The molecule has 100 valence electrons. The standard InChI is InChI=1S/C14H20ClFN2/c15-12-6-5-11(16)9-13(12)18-14(10-17)7-3-1-2-4-8-14/h5-6,9,18H,1-4,7-8,10,17H2. The van der Waals surface area contributed by atoms with E-state index in [1.807, 2.05) is 0 Å². The molecule has 4 heteroatoms. The van der Waals surface area contributed by atoms with Crippen LogP contribution in [0.25, 0.3) is 0 Å². The van der Waals surface area contributed by atoms with Gasteiger partial charge in [0.2, 0.25) is 0 Å². The van der Waals surface area contributed by atoms with Gasteiger partial charge in [-0.25, -0.2) is 4.39 Å². The molecule has 18 heavy (non-hydrogen) atoms. The van der Waals surface area contributed by atoms with Crippen LogP contribution in [0.2, 0.25) is 5.02 Å². The zero-order chi connectivity index (χ0) is 13.0. The maximum atomic E-state index is 13.3. The number of anilines is 1. The molecule has 0 saturated heterocycles. The molecule has 1 fully saturated rings. The van der Waals surface area contributed by atoms with Crippen molar-refractivity contribution in [3.8, 4) is 0 Å². The third-order valence-corrected chi connectivity index (χ3v) is 4.11. The zero-order valence-corrected chi connectivity index (χ0v) is 11.3. The molecule has 1 aliphatic rings. The van der Waals surface area contributed by atoms with Gasteiger partial charge in [-0.2, -0.15) is 0 Å². The van der Waals surface area contributed by atoms with Gasteiger partial charge in [0.25, 0.3) is 0 Å². The number of halogens is 2. The van der Waals surface area contributed by atoms with Gasteiger partial charge in [0.05, 0.1) is 10.7 Å². The fourth-order valence-corrected chi connectivity index (χ4v) is 2.83. The number of hydrogen-bond donors (Lipinski definition) is 2. The maximum Gasteiger partial charge on any atom is 0.125 e. The van der Waals surface area contributed by atoms with Gasteiger partial charge in [0, 0.05) is 12.1 Å². The number of hydrogen-bond acceptors (Lipinski definition) is 2. The van der Waals surface area contributed by atoms with Crippen molar-refractivity contribution in [3.05, 3.63) is 29.0 Å². The number of benzene rings is 1. The van der Waals surface area contributed by atoms with Crippen LogP contribution in [0, 0.1) is 5.82 Å². The molecule has 3 N–H and O–H groups in total. The van der Waals surface area contributed by atoms with Crippen molar-refractivity contribution < 1.29 is 4.39 Å². The summed E-state index contributed by atoms with van der Waals surface area (Å²) < 4.78 is 13.3. The van der Waals surface area contributed by atoms with Crippen LogP contribution in [-0.4, -0.2) is 12.1 Å². The average molecular weight is 271 g/mol. The molecule has 1 aromatic rings. The van der Waals surface area contributed by atoms with E-state index in [0.717, 1.165) is 25.7 Å². The van der Waals surface area contributed by atoms with Gasteiger partial charge in [-0.15, -0.1) is 0 Å². The molecule has 0 amide bonds. The van der Waals surface area contributed by atoms with E-state index in [0.29, 0.717) is 17.3 Å². The molecular weight excluding hydrogens is 251 g/mol. The van der Waals surface area contributed by atoms with Crippen LogP contribution < -0.4 is 11.1 Å². The van der Waals surface area contributed by atoms with E-state index in [2.05, 4.69) is 5.32 Å². The van der Waals surface area contributed by atoms with Crippen molar-refractivity contribution in [2.24, 2.45) is 5.73 Å². The highest BCUT2D eigenvalue weighted by Gasteiger charge is 2.29. The molecule has 2 nitrogen and oxygen atoms in total. The summed E-state index contributed by atoms with van der Waals surface area (Å²) in [6.45, 7) is 0.555. The summed E-state index contributed by atoms with van der Waals surface area (Å²) in [7, 11) is 0. The van der Waals surface area contributed by atoms with Crippen LogP contribution in [0.15, 0.2) is 18.2 Å². The lowest BCUT2D eigenvalue weighted by atomic mass is 9.90. The lowest BCUT2D eigenvalue weighted by Crippen LogP contribution is -2.45. The Bertz CT molecular complexity index is 401. The number of rotatable bonds is 3. The largest absolute Gasteiger partial charge is 0.377 e. The highest BCUT2D eigenvalue weighted by molar-refractivity contribution is 6.33. The Hall–Kier alpha value is -0.800. The van der Waals surface area contributed by atoms with Crippen LogP contribution in [0.1, 0.15) is 38.5 Å². The minimum absolute atomic E-state index is 0.131. The first-order valence-electron chi connectivity index (χ1n) is 6.58. The molecule has 0 spiro atoms. The van der Waals surface area contributed by atoms with Crippen LogP contribution in [0.5, 0.6) is 0 Å². The summed E-state index contributed by atoms with van der Waals surface area (Å²) in [5, 5.41) is 3.95. The second-order valence-electron chi connectivity index (χ2n) is 5.15. The molecule has 0 radical (unpaired) electrons. The summed E-state index contributed by atoms with van der Waals surface area (Å²) in [6, 6.07) is 4.40. The van der Waals surface area contributed by atoms with Gasteiger partial charge in [-0.1, -0.05) is 37.3 Å². The first kappa shape index (κ1) is 13.6. The number of nitrogens with two attached hydrogens (primary N) is 1. The van der Waals surface area contributed by atoms with Crippen molar-refractivity contribution >= 4 is 17.3 Å². The summed E-state index contributed by atoms with van der Waals surface area (Å²) in [5.41, 5.74) is 6.47. The van der Waals surface area contributed by atoms with Crippen LogP contribution >= 0.6 is 11.6 Å². The van der Waals surface area contributed by atoms with E-state index in [9.17, 15) is 4.39 Å². The lowest BCUT2D eigenvalue weighted by molar-refractivity contribution is 0.417. The van der Waals surface area contributed by atoms with Crippen LogP contribution in [0.4, 0.5) is 10.1 Å². The van der Waals surface area contributed by atoms with Gasteiger partial charge >= 0.3 is 0 Å². The van der Waals surface area contributed by atoms with E-state index in [1.165, 1.54) is 25.0 Å². The van der Waals surface area contributed by atoms with Gasteiger partial charge < -0.3 is 11.1 Å². The van der Waals surface area contributed by atoms with E-state index in [4.69, 9.17) is 17.3 Å². The van der Waals surface area contributed by atoms with Crippen molar-refractivity contribution in [1.82, 2.24) is 0 Å². The van der Waals surface area contributed by atoms with Gasteiger partial charge in [-0.05, 0) is 31.0 Å². The van der Waals surface area contributed by atoms with Gasteiger partial charge in [0.1, 0.15) is 5.82 Å². The third kappa shape index (κ3) is 3.15. The highest BCUT2D eigenvalue weighted by Crippen LogP contribution is 2.33. The van der Waals surface area contributed by atoms with Crippen molar-refractivity contribution in [2.75, 3.05) is 11.9 Å². The molecule has 2 rings (SSSR count). The fourth-order valence-electron chi connectivity index (χ4n) is 2.66. The summed E-state index contributed by atoms with van der Waals surface area (Å²) >= 11 is 6.11. The quantitative estimate of drug-likeness (QED) is 0.817. The topological polar surface area (TPSA) is 38.0 Å². The Morgan fingerprint density at radius 1 is 1.22 bits per heavy atom. The van der Waals surface area contributed by atoms with E-state index < -0.39 is 0 Å². The predicted octanol–water partition coefficient (Wildman–Crippen LogP) is 3.94. The molecule has 0 heterocycles. The molecular formula is C14H20ClFN2. The molecule has 0 aliphatic heterocycles. The predicted molar refractivity (Wildman–Crippen MR) is 74.5 cm³/mol. The van der Waals surface area contributed by atoms with Crippen molar-refractivity contribution in [2.45, 2.75) is 44.1 Å².